The van der Waals surface area contributed by atoms with Crippen molar-refractivity contribution in [2.75, 3.05) is 26.9 Å². The SMILES string of the molecule is COCCO[C@@H]1CCN(C(=O)c2ccsc2)[C@H]1Cc1ccccc1. The largest absolute Gasteiger partial charge is 0.382 e. The van der Waals surface area contributed by atoms with Gasteiger partial charge >= 0.3 is 0 Å². The topological polar surface area (TPSA) is 38.8 Å². The van der Waals surface area contributed by atoms with Crippen LogP contribution in [0.4, 0.5) is 0 Å². The monoisotopic (exact) mass is 345 g/mol. The third kappa shape index (κ3) is 4.04. The van der Waals surface area contributed by atoms with Crippen molar-refractivity contribution in [2.45, 2.75) is 25.0 Å². The summed E-state index contributed by atoms with van der Waals surface area (Å²) in [5.41, 5.74) is 2.00. The van der Waals surface area contributed by atoms with Gasteiger partial charge in [-0.2, -0.15) is 11.3 Å². The fraction of sp³-hybridized carbons (Fsp3) is 0.421. The Bertz CT molecular complexity index is 629. The van der Waals surface area contributed by atoms with Crippen molar-refractivity contribution in [3.8, 4) is 0 Å². The number of ether oxygens (including phenoxy) is 2. The van der Waals surface area contributed by atoms with Gasteiger partial charge in [0, 0.05) is 19.0 Å². The van der Waals surface area contributed by atoms with Gasteiger partial charge in [-0.1, -0.05) is 30.3 Å². The maximum absolute atomic E-state index is 12.8. The van der Waals surface area contributed by atoms with Crippen LogP contribution in [0.5, 0.6) is 0 Å². The number of carbonyl (C=O) groups is 1. The molecule has 0 saturated carbocycles. The molecule has 0 aliphatic carbocycles. The lowest BCUT2D eigenvalue weighted by Crippen LogP contribution is -2.42. The number of carbonyl (C=O) groups excluding carboxylic acids is 1. The summed E-state index contributed by atoms with van der Waals surface area (Å²) in [6.07, 6.45) is 1.74. The van der Waals surface area contributed by atoms with Gasteiger partial charge in [0.1, 0.15) is 0 Å². The second kappa shape index (κ2) is 8.42. The Morgan fingerprint density at radius 3 is 2.79 bits per heavy atom. The molecular formula is C19H23NO3S. The van der Waals surface area contributed by atoms with Crippen LogP contribution < -0.4 is 0 Å². The van der Waals surface area contributed by atoms with E-state index in [-0.39, 0.29) is 18.1 Å². The molecule has 24 heavy (non-hydrogen) atoms. The van der Waals surface area contributed by atoms with Crippen molar-refractivity contribution in [3.63, 3.8) is 0 Å². The van der Waals surface area contributed by atoms with Crippen molar-refractivity contribution in [1.82, 2.24) is 4.90 Å². The van der Waals surface area contributed by atoms with Gasteiger partial charge in [-0.05, 0) is 29.9 Å². The molecule has 0 bridgehead atoms. The standard InChI is InChI=1S/C19H23NO3S/c1-22-10-11-23-18-7-9-20(19(21)16-8-12-24-14-16)17(18)13-15-5-3-2-4-6-15/h2-6,8,12,14,17-18H,7,9-11,13H2,1H3/t17-,18+/m0/s1. The average molecular weight is 345 g/mol. The van der Waals surface area contributed by atoms with Crippen LogP contribution in [0.15, 0.2) is 47.2 Å². The van der Waals surface area contributed by atoms with E-state index >= 15 is 0 Å². The molecular weight excluding hydrogens is 322 g/mol. The molecule has 1 aliphatic heterocycles. The molecule has 0 unspecified atom stereocenters. The summed E-state index contributed by atoms with van der Waals surface area (Å²) in [6.45, 7) is 1.88. The minimum absolute atomic E-state index is 0.0583. The molecule has 1 amide bonds. The predicted molar refractivity (Wildman–Crippen MR) is 95.5 cm³/mol. The lowest BCUT2D eigenvalue weighted by molar-refractivity contribution is 0.000503. The van der Waals surface area contributed by atoms with E-state index in [9.17, 15) is 4.79 Å². The highest BCUT2D eigenvalue weighted by Gasteiger charge is 2.38. The summed E-state index contributed by atoms with van der Waals surface area (Å²) >= 11 is 1.55. The van der Waals surface area contributed by atoms with Crippen molar-refractivity contribution in [2.24, 2.45) is 0 Å². The summed E-state index contributed by atoms with van der Waals surface area (Å²) in [4.78, 5) is 14.8. The zero-order valence-electron chi connectivity index (χ0n) is 13.9. The first-order valence-electron chi connectivity index (χ1n) is 8.27. The average Bonchev–Trinajstić information content (AvgIpc) is 3.26. The van der Waals surface area contributed by atoms with E-state index in [1.807, 2.05) is 39.9 Å². The zero-order chi connectivity index (χ0) is 16.8. The smallest absolute Gasteiger partial charge is 0.255 e. The van der Waals surface area contributed by atoms with E-state index in [4.69, 9.17) is 9.47 Å². The Kier molecular flexibility index (Phi) is 6.01. The first kappa shape index (κ1) is 17.1. The van der Waals surface area contributed by atoms with Crippen LogP contribution in [-0.4, -0.2) is 49.8 Å². The highest BCUT2D eigenvalue weighted by Crippen LogP contribution is 2.26. The molecule has 1 aliphatic rings. The molecule has 0 spiro atoms. The van der Waals surface area contributed by atoms with E-state index in [1.54, 1.807) is 18.4 Å². The van der Waals surface area contributed by atoms with E-state index in [2.05, 4.69) is 12.1 Å². The molecule has 1 aromatic carbocycles. The van der Waals surface area contributed by atoms with Gasteiger partial charge in [-0.25, -0.2) is 0 Å². The predicted octanol–water partition coefficient (Wildman–Crippen LogP) is 3.24. The molecule has 2 aromatic rings. The van der Waals surface area contributed by atoms with Crippen LogP contribution in [0.1, 0.15) is 22.3 Å². The molecule has 0 N–H and O–H groups in total. The Labute approximate surface area is 147 Å². The zero-order valence-corrected chi connectivity index (χ0v) is 14.7. The molecule has 1 aromatic heterocycles. The van der Waals surface area contributed by atoms with E-state index in [0.29, 0.717) is 13.2 Å². The van der Waals surface area contributed by atoms with Gasteiger partial charge in [0.05, 0.1) is 30.9 Å². The third-order valence-electron chi connectivity index (χ3n) is 4.42. The van der Waals surface area contributed by atoms with Crippen molar-refractivity contribution < 1.29 is 14.3 Å². The van der Waals surface area contributed by atoms with Crippen LogP contribution in [0.2, 0.25) is 0 Å². The van der Waals surface area contributed by atoms with Gasteiger partial charge < -0.3 is 14.4 Å². The van der Waals surface area contributed by atoms with E-state index < -0.39 is 0 Å². The maximum Gasteiger partial charge on any atom is 0.255 e. The summed E-state index contributed by atoms with van der Waals surface area (Å²) < 4.78 is 11.1. The minimum Gasteiger partial charge on any atom is -0.382 e. The van der Waals surface area contributed by atoms with Crippen molar-refractivity contribution in [3.05, 3.63) is 58.3 Å². The number of methoxy groups -OCH3 is 1. The Hall–Kier alpha value is -1.69. The molecule has 0 radical (unpaired) electrons. The van der Waals surface area contributed by atoms with Gasteiger partial charge in [-0.3, -0.25) is 4.79 Å². The normalized spacial score (nSPS) is 20.5. The van der Waals surface area contributed by atoms with Gasteiger partial charge in [0.15, 0.2) is 0 Å². The second-order valence-corrected chi connectivity index (χ2v) is 6.74. The molecule has 1 fully saturated rings. The molecule has 2 atom stereocenters. The molecule has 5 heteroatoms. The van der Waals surface area contributed by atoms with Crippen LogP contribution in [0.3, 0.4) is 0 Å². The summed E-state index contributed by atoms with van der Waals surface area (Å²) in [6, 6.07) is 12.3. The van der Waals surface area contributed by atoms with E-state index in [0.717, 1.165) is 24.9 Å². The minimum atomic E-state index is 0.0583. The quantitative estimate of drug-likeness (QED) is 0.723. The number of thiophene rings is 1. The fourth-order valence-electron chi connectivity index (χ4n) is 3.20. The van der Waals surface area contributed by atoms with Crippen molar-refractivity contribution >= 4 is 17.2 Å². The Balaban J connectivity index is 1.75. The molecule has 1 saturated heterocycles. The van der Waals surface area contributed by atoms with Crippen LogP contribution in [0.25, 0.3) is 0 Å². The lowest BCUT2D eigenvalue weighted by Gasteiger charge is -2.28. The molecule has 128 valence electrons. The number of likely N-dealkylation sites (tertiary alicyclic amines) is 1. The lowest BCUT2D eigenvalue weighted by atomic mass is 10.0. The first-order chi connectivity index (χ1) is 11.8. The molecule has 4 nitrogen and oxygen atoms in total. The van der Waals surface area contributed by atoms with E-state index in [1.165, 1.54) is 5.56 Å². The summed E-state index contributed by atoms with van der Waals surface area (Å²) in [5, 5.41) is 3.86. The van der Waals surface area contributed by atoms with Crippen LogP contribution >= 0.6 is 11.3 Å². The third-order valence-corrected chi connectivity index (χ3v) is 5.10. The molecule has 2 heterocycles. The highest BCUT2D eigenvalue weighted by atomic mass is 32.1. The van der Waals surface area contributed by atoms with Crippen molar-refractivity contribution in [1.29, 1.82) is 0 Å². The number of rotatable bonds is 7. The maximum atomic E-state index is 12.8. The highest BCUT2D eigenvalue weighted by molar-refractivity contribution is 7.08. The number of amides is 1. The van der Waals surface area contributed by atoms with Gasteiger partial charge in [0.25, 0.3) is 5.91 Å². The summed E-state index contributed by atoms with van der Waals surface area (Å²) in [7, 11) is 1.67. The first-order valence-corrected chi connectivity index (χ1v) is 9.21. The number of benzene rings is 1. The number of nitrogens with zero attached hydrogens (tertiary/aromatic N) is 1. The second-order valence-electron chi connectivity index (χ2n) is 5.96. The van der Waals surface area contributed by atoms with Crippen LogP contribution in [0, 0.1) is 0 Å². The van der Waals surface area contributed by atoms with Crippen LogP contribution in [-0.2, 0) is 15.9 Å². The number of hydrogen-bond donors (Lipinski definition) is 0. The summed E-state index contributed by atoms with van der Waals surface area (Å²) in [5.74, 6) is 0.107. The van der Waals surface area contributed by atoms with Gasteiger partial charge in [-0.15, -0.1) is 0 Å². The number of hydrogen-bond acceptors (Lipinski definition) is 4. The Morgan fingerprint density at radius 1 is 1.25 bits per heavy atom. The molecule has 3 rings (SSSR count). The van der Waals surface area contributed by atoms with Gasteiger partial charge in [0.2, 0.25) is 0 Å². The fourth-order valence-corrected chi connectivity index (χ4v) is 3.83. The Morgan fingerprint density at radius 2 is 2.08 bits per heavy atom.